The number of hydrogen-bond acceptors (Lipinski definition) is 5. The van der Waals surface area contributed by atoms with Crippen molar-refractivity contribution in [1.29, 1.82) is 0 Å². The van der Waals surface area contributed by atoms with E-state index in [1.165, 1.54) is 13.3 Å². The number of phenolic OH excluding ortho intramolecular Hbond substituents is 1. The van der Waals surface area contributed by atoms with Crippen LogP contribution in [0.4, 0.5) is 0 Å². The first-order valence-electron chi connectivity index (χ1n) is 4.83. The van der Waals surface area contributed by atoms with E-state index in [0.717, 1.165) is 0 Å². The molecular weight excluding hydrogens is 210 g/mol. The van der Waals surface area contributed by atoms with Gasteiger partial charge in [0.1, 0.15) is 0 Å². The first kappa shape index (κ1) is 12.5. The number of aromatic hydroxyl groups is 1. The van der Waals surface area contributed by atoms with Crippen LogP contribution in [0, 0.1) is 0 Å². The topological polar surface area (TPSA) is 82.3 Å². The zero-order valence-corrected chi connectivity index (χ0v) is 9.00. The fourth-order valence-electron chi connectivity index (χ4n) is 1.14. The number of aliphatic hydroxyl groups is 2. The summed E-state index contributed by atoms with van der Waals surface area (Å²) in [6.07, 6.45) is 0.556. The first-order valence-corrected chi connectivity index (χ1v) is 4.83. The zero-order valence-electron chi connectivity index (χ0n) is 9.00. The van der Waals surface area contributed by atoms with Gasteiger partial charge in [-0.25, -0.2) is 0 Å². The molecule has 1 aromatic carbocycles. The summed E-state index contributed by atoms with van der Waals surface area (Å²) in [7, 11) is 1.46. The normalized spacial score (nSPS) is 12.9. The highest BCUT2D eigenvalue weighted by molar-refractivity contribution is 5.84. The van der Waals surface area contributed by atoms with E-state index in [-0.39, 0.29) is 18.9 Å². The summed E-state index contributed by atoms with van der Waals surface area (Å²) in [6, 6.07) is 5.03. The van der Waals surface area contributed by atoms with E-state index >= 15 is 0 Å². The molecule has 0 heterocycles. The number of nitrogens with zero attached hydrogens (tertiary/aromatic N) is 1. The van der Waals surface area contributed by atoms with Crippen LogP contribution in [0.25, 0.3) is 0 Å². The Balaban J connectivity index is 2.73. The third kappa shape index (κ3) is 3.22. The van der Waals surface area contributed by atoms with Gasteiger partial charge in [0.25, 0.3) is 0 Å². The molecular formula is C11H15NO4. The Bertz CT molecular complexity index is 365. The van der Waals surface area contributed by atoms with Crippen molar-refractivity contribution >= 4 is 6.21 Å². The molecule has 0 aliphatic carbocycles. The number of aliphatic imine (C=N–C) groups is 1. The standard InChI is InChI=1S/C11H15NO4/c1-16-10-4-2-3-8(11(10)15)5-12-6-9(14)7-13/h2-5,9,13-15H,6-7H2,1H3/t9-/m1/s1. The van der Waals surface area contributed by atoms with Crippen LogP contribution in [0.3, 0.4) is 0 Å². The molecule has 1 atom stereocenters. The van der Waals surface area contributed by atoms with Gasteiger partial charge in [-0.15, -0.1) is 0 Å². The SMILES string of the molecule is COc1cccc(C=NC[C@@H](O)CO)c1O. The molecule has 5 heteroatoms. The third-order valence-corrected chi connectivity index (χ3v) is 2.01. The summed E-state index contributed by atoms with van der Waals surface area (Å²) in [5.41, 5.74) is 0.504. The lowest BCUT2D eigenvalue weighted by molar-refractivity contribution is 0.102. The maximum absolute atomic E-state index is 9.68. The lowest BCUT2D eigenvalue weighted by Gasteiger charge is -2.05. The van der Waals surface area contributed by atoms with Gasteiger partial charge in [0.15, 0.2) is 11.5 Å². The quantitative estimate of drug-likeness (QED) is 0.624. The second kappa shape index (κ2) is 6.09. The van der Waals surface area contributed by atoms with Gasteiger partial charge < -0.3 is 20.1 Å². The molecule has 88 valence electrons. The summed E-state index contributed by atoms with van der Waals surface area (Å²) < 4.78 is 4.93. The van der Waals surface area contributed by atoms with Crippen molar-refractivity contribution in [2.75, 3.05) is 20.3 Å². The highest BCUT2D eigenvalue weighted by Gasteiger charge is 2.05. The summed E-state index contributed by atoms with van der Waals surface area (Å²) in [5.74, 6) is 0.374. The molecule has 0 aromatic heterocycles. The summed E-state index contributed by atoms with van der Waals surface area (Å²) in [5, 5.41) is 27.3. The van der Waals surface area contributed by atoms with Gasteiger partial charge >= 0.3 is 0 Å². The molecule has 16 heavy (non-hydrogen) atoms. The van der Waals surface area contributed by atoms with Crippen LogP contribution in [0.2, 0.25) is 0 Å². The largest absolute Gasteiger partial charge is 0.504 e. The molecule has 5 nitrogen and oxygen atoms in total. The number of phenols is 1. The maximum Gasteiger partial charge on any atom is 0.166 e. The van der Waals surface area contributed by atoms with Gasteiger partial charge in [-0.1, -0.05) is 6.07 Å². The van der Waals surface area contributed by atoms with Crippen LogP contribution in [0.5, 0.6) is 11.5 Å². The zero-order chi connectivity index (χ0) is 12.0. The number of ether oxygens (including phenoxy) is 1. The minimum absolute atomic E-state index is 0.00670. The van der Waals surface area contributed by atoms with Gasteiger partial charge in [-0.05, 0) is 12.1 Å². The third-order valence-electron chi connectivity index (χ3n) is 2.01. The van der Waals surface area contributed by atoms with E-state index < -0.39 is 6.10 Å². The summed E-state index contributed by atoms with van der Waals surface area (Å²) >= 11 is 0. The smallest absolute Gasteiger partial charge is 0.166 e. The van der Waals surface area contributed by atoms with Crippen molar-refractivity contribution in [3.8, 4) is 11.5 Å². The Morgan fingerprint density at radius 1 is 1.50 bits per heavy atom. The van der Waals surface area contributed by atoms with Crippen LogP contribution >= 0.6 is 0 Å². The highest BCUT2D eigenvalue weighted by Crippen LogP contribution is 2.27. The Morgan fingerprint density at radius 3 is 2.88 bits per heavy atom. The fraction of sp³-hybridized carbons (Fsp3) is 0.364. The van der Waals surface area contributed by atoms with E-state index in [4.69, 9.17) is 14.9 Å². The predicted molar refractivity (Wildman–Crippen MR) is 60.2 cm³/mol. The maximum atomic E-state index is 9.68. The van der Waals surface area contributed by atoms with Crippen molar-refractivity contribution < 1.29 is 20.1 Å². The van der Waals surface area contributed by atoms with Gasteiger partial charge in [0, 0.05) is 11.8 Å². The monoisotopic (exact) mass is 225 g/mol. The van der Waals surface area contributed by atoms with E-state index in [9.17, 15) is 5.11 Å². The number of benzene rings is 1. The van der Waals surface area contributed by atoms with Gasteiger partial charge in [0.2, 0.25) is 0 Å². The van der Waals surface area contributed by atoms with E-state index in [0.29, 0.717) is 11.3 Å². The van der Waals surface area contributed by atoms with Gasteiger partial charge in [-0.2, -0.15) is 0 Å². The molecule has 0 fully saturated rings. The van der Waals surface area contributed by atoms with Crippen LogP contribution < -0.4 is 4.74 Å². The Labute approximate surface area is 93.6 Å². The first-order chi connectivity index (χ1) is 7.69. The van der Waals surface area contributed by atoms with Crippen LogP contribution in [0.1, 0.15) is 5.56 Å². The molecule has 0 saturated carbocycles. The number of aliphatic hydroxyl groups excluding tert-OH is 2. The predicted octanol–water partition coefficient (Wildman–Crippen LogP) is 0.173. The number of hydrogen-bond donors (Lipinski definition) is 3. The molecule has 0 aliphatic heterocycles. The molecule has 3 N–H and O–H groups in total. The van der Waals surface area contributed by atoms with Crippen molar-refractivity contribution in [1.82, 2.24) is 0 Å². The van der Waals surface area contributed by atoms with E-state index in [2.05, 4.69) is 4.99 Å². The average Bonchev–Trinajstić information content (AvgIpc) is 2.31. The van der Waals surface area contributed by atoms with Crippen LogP contribution in [-0.4, -0.2) is 47.9 Å². The summed E-state index contributed by atoms with van der Waals surface area (Å²) in [4.78, 5) is 3.90. The second-order valence-corrected chi connectivity index (χ2v) is 3.23. The van der Waals surface area contributed by atoms with Crippen molar-refractivity contribution in [3.05, 3.63) is 23.8 Å². The van der Waals surface area contributed by atoms with Crippen LogP contribution in [-0.2, 0) is 0 Å². The Hall–Kier alpha value is -1.59. The summed E-state index contributed by atoms with van der Waals surface area (Å²) in [6.45, 7) is -0.241. The molecule has 0 amide bonds. The fourth-order valence-corrected chi connectivity index (χ4v) is 1.14. The minimum atomic E-state index is -0.871. The van der Waals surface area contributed by atoms with E-state index in [1.807, 2.05) is 0 Å². The van der Waals surface area contributed by atoms with E-state index in [1.54, 1.807) is 18.2 Å². The van der Waals surface area contributed by atoms with Gasteiger partial charge in [0.05, 0.1) is 26.4 Å². The lowest BCUT2D eigenvalue weighted by Crippen LogP contribution is -2.15. The molecule has 0 unspecified atom stereocenters. The Morgan fingerprint density at radius 2 is 2.25 bits per heavy atom. The molecule has 0 aliphatic rings. The number of methoxy groups -OCH3 is 1. The number of rotatable bonds is 5. The van der Waals surface area contributed by atoms with Crippen molar-refractivity contribution in [2.24, 2.45) is 4.99 Å². The molecule has 0 spiro atoms. The molecule has 0 radical (unpaired) electrons. The van der Waals surface area contributed by atoms with Gasteiger partial charge in [-0.3, -0.25) is 4.99 Å². The Kier molecular flexibility index (Phi) is 4.75. The molecule has 1 aromatic rings. The van der Waals surface area contributed by atoms with Crippen molar-refractivity contribution in [2.45, 2.75) is 6.10 Å². The highest BCUT2D eigenvalue weighted by atomic mass is 16.5. The molecule has 0 saturated heterocycles. The lowest BCUT2D eigenvalue weighted by atomic mass is 10.2. The molecule has 0 bridgehead atoms. The van der Waals surface area contributed by atoms with Crippen LogP contribution in [0.15, 0.2) is 23.2 Å². The number of para-hydroxylation sites is 1. The average molecular weight is 225 g/mol. The minimum Gasteiger partial charge on any atom is -0.504 e. The second-order valence-electron chi connectivity index (χ2n) is 3.23. The van der Waals surface area contributed by atoms with Crippen molar-refractivity contribution in [3.63, 3.8) is 0 Å². The molecule has 1 rings (SSSR count).